The topological polar surface area (TPSA) is 41.5 Å². The maximum atomic E-state index is 12.0. The first kappa shape index (κ1) is 13.4. The molecule has 0 fully saturated rings. The quantitative estimate of drug-likeness (QED) is 0.669. The Hall–Kier alpha value is -2.07. The van der Waals surface area contributed by atoms with Crippen LogP contribution in [-0.4, -0.2) is 17.3 Å². The summed E-state index contributed by atoms with van der Waals surface area (Å²) in [6.45, 7) is 0. The van der Waals surface area contributed by atoms with Crippen molar-refractivity contribution in [2.75, 3.05) is 11.6 Å². The van der Waals surface area contributed by atoms with Crippen LogP contribution in [0.4, 0.5) is 5.69 Å². The Kier molecular flexibility index (Phi) is 4.75. The van der Waals surface area contributed by atoms with E-state index >= 15 is 0 Å². The lowest BCUT2D eigenvalue weighted by atomic mass is 10.2. The molecule has 1 N–H and O–H groups in total. The van der Waals surface area contributed by atoms with Crippen LogP contribution < -0.4 is 5.32 Å². The van der Waals surface area contributed by atoms with Gasteiger partial charge >= 0.3 is 0 Å². The summed E-state index contributed by atoms with van der Waals surface area (Å²) in [6, 6.07) is 18.7. The molecule has 0 saturated carbocycles. The Morgan fingerprint density at radius 3 is 2.16 bits per heavy atom. The molecule has 2 aromatic rings. The highest BCUT2D eigenvalue weighted by Crippen LogP contribution is 2.10. The zero-order chi connectivity index (χ0) is 13.5. The molecule has 0 spiro atoms. The summed E-state index contributed by atoms with van der Waals surface area (Å²) in [5.74, 6) is -0.242. The lowest BCUT2D eigenvalue weighted by molar-refractivity contribution is 0.100. The van der Waals surface area contributed by atoms with Gasteiger partial charge in [-0.05, 0) is 30.5 Å². The number of amides is 1. The van der Waals surface area contributed by atoms with Crippen molar-refractivity contribution in [1.82, 2.24) is 0 Å². The molecule has 2 rings (SSSR count). The summed E-state index contributed by atoms with van der Waals surface area (Å²) in [7, 11) is 0. The van der Waals surface area contributed by atoms with Crippen LogP contribution in [0, 0.1) is 0 Å². The van der Waals surface area contributed by atoms with Crippen LogP contribution in [0.25, 0.3) is 0 Å². The molecular formula is C15H14N2OS. The molecular weight excluding hydrogens is 256 g/mol. The fourth-order valence-electron chi connectivity index (χ4n) is 1.51. The van der Waals surface area contributed by atoms with E-state index in [0.717, 1.165) is 5.69 Å². The summed E-state index contributed by atoms with van der Waals surface area (Å²) >= 11 is 1.41. The average Bonchev–Trinajstić information content (AvgIpc) is 2.48. The van der Waals surface area contributed by atoms with Crippen molar-refractivity contribution >= 4 is 28.5 Å². The minimum atomic E-state index is -0.242. The van der Waals surface area contributed by atoms with Crippen molar-refractivity contribution in [2.24, 2.45) is 4.99 Å². The number of nitrogens with zero attached hydrogens (tertiary/aromatic N) is 1. The first-order valence-electron chi connectivity index (χ1n) is 5.84. The highest BCUT2D eigenvalue weighted by atomic mass is 32.2. The fourth-order valence-corrected chi connectivity index (χ4v) is 1.90. The Bertz CT molecular complexity index is 567. The van der Waals surface area contributed by atoms with Crippen LogP contribution in [0.5, 0.6) is 0 Å². The van der Waals surface area contributed by atoms with E-state index < -0.39 is 0 Å². The molecule has 0 radical (unpaired) electrons. The molecule has 2 aromatic carbocycles. The van der Waals surface area contributed by atoms with Gasteiger partial charge in [-0.15, -0.1) is 0 Å². The Morgan fingerprint density at radius 1 is 1.00 bits per heavy atom. The summed E-state index contributed by atoms with van der Waals surface area (Å²) in [5, 5.41) is 3.70. The maximum Gasteiger partial charge on any atom is 0.279 e. The molecule has 0 aliphatic heterocycles. The number of benzene rings is 2. The van der Waals surface area contributed by atoms with Crippen LogP contribution in [0.1, 0.15) is 10.4 Å². The molecule has 0 unspecified atom stereocenters. The van der Waals surface area contributed by atoms with Gasteiger partial charge in [-0.1, -0.05) is 48.2 Å². The van der Waals surface area contributed by atoms with Crippen molar-refractivity contribution in [3.05, 3.63) is 66.2 Å². The molecule has 0 aromatic heterocycles. The molecule has 0 aliphatic rings. The zero-order valence-electron chi connectivity index (χ0n) is 10.5. The second-order valence-electron chi connectivity index (χ2n) is 3.78. The number of hydrogen-bond donors (Lipinski definition) is 1. The van der Waals surface area contributed by atoms with Gasteiger partial charge in [0.15, 0.2) is 5.17 Å². The minimum Gasteiger partial charge on any atom is -0.335 e. The van der Waals surface area contributed by atoms with Crippen molar-refractivity contribution < 1.29 is 4.79 Å². The summed E-state index contributed by atoms with van der Waals surface area (Å²) in [6.07, 6.45) is 1.88. The van der Waals surface area contributed by atoms with E-state index in [1.54, 1.807) is 12.1 Å². The number of amidine groups is 1. The number of thioether (sulfide) groups is 1. The standard InChI is InChI=1S/C15H14N2OS/c1-19-15(16-13-10-6-3-7-11-13)17-14(18)12-8-4-2-5-9-12/h2-11H,1H3,(H,16,17,18). The van der Waals surface area contributed by atoms with E-state index in [2.05, 4.69) is 10.3 Å². The number of aliphatic imine (C=N–C) groups is 1. The highest BCUT2D eigenvalue weighted by Gasteiger charge is 2.05. The number of rotatable bonds is 2. The smallest absolute Gasteiger partial charge is 0.279 e. The van der Waals surface area contributed by atoms with Gasteiger partial charge in [0, 0.05) is 11.3 Å². The second kappa shape index (κ2) is 6.75. The molecule has 0 heterocycles. The number of nitrogens with one attached hydrogen (secondary N) is 1. The normalized spacial score (nSPS) is 11.1. The van der Waals surface area contributed by atoms with E-state index in [9.17, 15) is 4.79 Å². The third-order valence-electron chi connectivity index (χ3n) is 2.44. The number of carbonyl (C=O) groups excluding carboxylic acids is 1. The van der Waals surface area contributed by atoms with Crippen molar-refractivity contribution in [3.8, 4) is 0 Å². The van der Waals surface area contributed by atoms with Gasteiger partial charge in [0.1, 0.15) is 0 Å². The molecule has 0 bridgehead atoms. The lowest BCUT2D eigenvalue weighted by Gasteiger charge is -2.06. The number of carbonyl (C=O) groups is 1. The van der Waals surface area contributed by atoms with E-state index in [1.165, 1.54) is 11.8 Å². The van der Waals surface area contributed by atoms with Gasteiger partial charge in [0.2, 0.25) is 0 Å². The summed E-state index contributed by atoms with van der Waals surface area (Å²) in [5.41, 5.74) is 1.50. The predicted molar refractivity (Wildman–Crippen MR) is 81.8 cm³/mol. The van der Waals surface area contributed by atoms with Crippen LogP contribution in [-0.2, 0) is 0 Å². The molecule has 19 heavy (non-hydrogen) atoms. The number of hydrogen-bond acceptors (Lipinski definition) is 2. The first-order chi connectivity index (χ1) is 9.29. The van der Waals surface area contributed by atoms with Crippen LogP contribution in [0.3, 0.4) is 0 Å². The van der Waals surface area contributed by atoms with Gasteiger partial charge in [-0.3, -0.25) is 4.79 Å². The Balaban J connectivity index is 2.13. The maximum absolute atomic E-state index is 12.0. The lowest BCUT2D eigenvalue weighted by Crippen LogP contribution is -2.10. The molecule has 4 heteroatoms. The molecule has 0 atom stereocenters. The first-order valence-corrected chi connectivity index (χ1v) is 7.06. The monoisotopic (exact) mass is 270 g/mol. The fraction of sp³-hybridized carbons (Fsp3) is 0.0667. The Labute approximate surface area is 116 Å². The van der Waals surface area contributed by atoms with E-state index in [0.29, 0.717) is 10.7 Å². The van der Waals surface area contributed by atoms with Crippen LogP contribution >= 0.6 is 11.8 Å². The van der Waals surface area contributed by atoms with E-state index in [-0.39, 0.29) is 5.91 Å². The van der Waals surface area contributed by atoms with Gasteiger partial charge in [-0.2, -0.15) is 4.99 Å². The highest BCUT2D eigenvalue weighted by molar-refractivity contribution is 8.13. The van der Waals surface area contributed by atoms with Gasteiger partial charge in [0.25, 0.3) is 5.91 Å². The largest absolute Gasteiger partial charge is 0.335 e. The second-order valence-corrected chi connectivity index (χ2v) is 4.58. The molecule has 0 aliphatic carbocycles. The number of para-hydroxylation sites is 1. The van der Waals surface area contributed by atoms with Crippen molar-refractivity contribution in [2.45, 2.75) is 0 Å². The zero-order valence-corrected chi connectivity index (χ0v) is 11.4. The van der Waals surface area contributed by atoms with Gasteiger partial charge in [0.05, 0.1) is 0 Å². The van der Waals surface area contributed by atoms with Gasteiger partial charge in [-0.25, -0.2) is 0 Å². The molecule has 0 saturated heterocycles. The average molecular weight is 270 g/mol. The van der Waals surface area contributed by atoms with Crippen LogP contribution in [0.15, 0.2) is 65.7 Å². The third kappa shape index (κ3) is 3.96. The van der Waals surface area contributed by atoms with E-state index in [1.807, 2.05) is 54.8 Å². The summed E-state index contributed by atoms with van der Waals surface area (Å²) in [4.78, 5) is 16.1. The van der Waals surface area contributed by atoms with E-state index in [4.69, 9.17) is 0 Å². The van der Waals surface area contributed by atoms with Gasteiger partial charge < -0.3 is 5.32 Å². The SMILES string of the molecule is CS/C(=N\C(=O)c1ccccc1)Nc1ccccc1. The molecule has 3 nitrogen and oxygen atoms in total. The number of anilines is 1. The molecule has 1 amide bonds. The summed E-state index contributed by atoms with van der Waals surface area (Å²) < 4.78 is 0. The van der Waals surface area contributed by atoms with Crippen molar-refractivity contribution in [3.63, 3.8) is 0 Å². The van der Waals surface area contributed by atoms with Crippen LogP contribution in [0.2, 0.25) is 0 Å². The predicted octanol–water partition coefficient (Wildman–Crippen LogP) is 3.66. The third-order valence-corrected chi connectivity index (χ3v) is 3.02. The minimum absolute atomic E-state index is 0.242. The Morgan fingerprint density at radius 2 is 1.58 bits per heavy atom. The van der Waals surface area contributed by atoms with Crippen molar-refractivity contribution in [1.29, 1.82) is 0 Å². The molecule has 96 valence electrons.